The highest BCUT2D eigenvalue weighted by Crippen LogP contribution is 2.51. The van der Waals surface area contributed by atoms with Gasteiger partial charge in [0.05, 0.1) is 0 Å². The molecular weight excluding hydrogens is 223 g/mol. The van der Waals surface area contributed by atoms with Gasteiger partial charge < -0.3 is 0 Å². The Morgan fingerprint density at radius 3 is 2.25 bits per heavy atom. The summed E-state index contributed by atoms with van der Waals surface area (Å²) in [7, 11) is 0. The molecule has 0 atom stereocenters. The van der Waals surface area contributed by atoms with Gasteiger partial charge in [-0.1, -0.05) is 42.6 Å². The molecule has 0 saturated heterocycles. The van der Waals surface area contributed by atoms with Crippen molar-refractivity contribution in [3.05, 3.63) is 34.9 Å². The smallest absolute Gasteiger partial charge is 0.115 e. The summed E-state index contributed by atoms with van der Waals surface area (Å²) in [6.45, 7) is 3.36. The van der Waals surface area contributed by atoms with Crippen molar-refractivity contribution in [1.29, 1.82) is 0 Å². The fraction of sp³-hybridized carbons (Fsp3) is 0.571. The van der Waals surface area contributed by atoms with Crippen LogP contribution in [0.2, 0.25) is 5.02 Å². The normalized spacial score (nSPS) is 20.0. The van der Waals surface area contributed by atoms with Gasteiger partial charge in [-0.3, -0.25) is 0 Å². The van der Waals surface area contributed by atoms with Crippen LogP contribution >= 0.6 is 11.6 Å². The first-order valence-corrected chi connectivity index (χ1v) is 6.29. The van der Waals surface area contributed by atoms with Gasteiger partial charge in [0.15, 0.2) is 0 Å². The number of rotatable bonds is 2. The molecule has 0 amide bonds. The first-order chi connectivity index (χ1) is 7.47. The summed E-state index contributed by atoms with van der Waals surface area (Å²) in [4.78, 5) is 0. The minimum Gasteiger partial charge on any atom is -0.244 e. The van der Waals surface area contributed by atoms with Crippen LogP contribution in [0.15, 0.2) is 24.3 Å². The molecule has 1 fully saturated rings. The van der Waals surface area contributed by atoms with Crippen LogP contribution in [0.5, 0.6) is 0 Å². The van der Waals surface area contributed by atoms with Gasteiger partial charge in [-0.15, -0.1) is 0 Å². The van der Waals surface area contributed by atoms with Crippen molar-refractivity contribution in [2.45, 2.75) is 50.6 Å². The fourth-order valence-corrected chi connectivity index (χ4v) is 3.33. The highest BCUT2D eigenvalue weighted by atomic mass is 35.5. The SMILES string of the molecule is CC(C)(F)C1(c2ccccc2Cl)CCCC1. The van der Waals surface area contributed by atoms with Crippen LogP contribution in [-0.4, -0.2) is 5.67 Å². The molecule has 0 radical (unpaired) electrons. The number of hydrogen-bond acceptors (Lipinski definition) is 0. The monoisotopic (exact) mass is 240 g/mol. The Hall–Kier alpha value is -0.560. The number of benzene rings is 1. The Kier molecular flexibility index (Phi) is 3.00. The molecule has 1 aromatic rings. The molecule has 2 rings (SSSR count). The maximum absolute atomic E-state index is 14.6. The molecule has 1 saturated carbocycles. The van der Waals surface area contributed by atoms with E-state index in [0.29, 0.717) is 5.02 Å². The minimum absolute atomic E-state index is 0.384. The average Bonchev–Trinajstić information content (AvgIpc) is 2.67. The summed E-state index contributed by atoms with van der Waals surface area (Å²) < 4.78 is 14.6. The van der Waals surface area contributed by atoms with Gasteiger partial charge in [-0.05, 0) is 38.3 Å². The van der Waals surface area contributed by atoms with E-state index >= 15 is 0 Å². The third-order valence-corrected chi connectivity index (χ3v) is 4.31. The molecule has 0 nitrogen and oxygen atoms in total. The van der Waals surface area contributed by atoms with Gasteiger partial charge in [0, 0.05) is 10.4 Å². The van der Waals surface area contributed by atoms with Gasteiger partial charge in [0.2, 0.25) is 0 Å². The van der Waals surface area contributed by atoms with E-state index < -0.39 is 5.67 Å². The lowest BCUT2D eigenvalue weighted by molar-refractivity contribution is 0.0918. The van der Waals surface area contributed by atoms with Crippen molar-refractivity contribution >= 4 is 11.6 Å². The molecule has 0 unspecified atom stereocenters. The summed E-state index contributed by atoms with van der Waals surface area (Å²) in [5.41, 5.74) is -0.610. The van der Waals surface area contributed by atoms with Crippen molar-refractivity contribution in [2.75, 3.05) is 0 Å². The van der Waals surface area contributed by atoms with Crippen LogP contribution in [0.4, 0.5) is 4.39 Å². The van der Waals surface area contributed by atoms with Crippen molar-refractivity contribution < 1.29 is 4.39 Å². The zero-order valence-corrected chi connectivity index (χ0v) is 10.6. The minimum atomic E-state index is -1.21. The molecule has 0 spiro atoms. The lowest BCUT2D eigenvalue weighted by Gasteiger charge is -2.39. The quantitative estimate of drug-likeness (QED) is 0.690. The second-order valence-electron chi connectivity index (χ2n) is 5.24. The third kappa shape index (κ3) is 1.75. The Balaban J connectivity index is 2.53. The first kappa shape index (κ1) is 11.9. The maximum Gasteiger partial charge on any atom is 0.115 e. The second kappa shape index (κ2) is 4.03. The van der Waals surface area contributed by atoms with Crippen LogP contribution in [0.3, 0.4) is 0 Å². The molecule has 2 heteroatoms. The molecule has 1 aliphatic carbocycles. The topological polar surface area (TPSA) is 0 Å². The molecule has 1 aromatic carbocycles. The molecule has 0 aliphatic heterocycles. The van der Waals surface area contributed by atoms with Crippen LogP contribution in [0.25, 0.3) is 0 Å². The lowest BCUT2D eigenvalue weighted by Crippen LogP contribution is -2.42. The summed E-state index contributed by atoms with van der Waals surface area (Å²) in [5.74, 6) is 0. The van der Waals surface area contributed by atoms with Gasteiger partial charge in [-0.2, -0.15) is 0 Å². The van der Waals surface area contributed by atoms with Crippen molar-refractivity contribution in [3.8, 4) is 0 Å². The van der Waals surface area contributed by atoms with Crippen molar-refractivity contribution in [1.82, 2.24) is 0 Å². The van der Waals surface area contributed by atoms with Crippen LogP contribution in [0.1, 0.15) is 45.1 Å². The highest BCUT2D eigenvalue weighted by molar-refractivity contribution is 6.31. The molecule has 88 valence electrons. The van der Waals surface area contributed by atoms with Gasteiger partial charge >= 0.3 is 0 Å². The van der Waals surface area contributed by atoms with Gasteiger partial charge in [0.25, 0.3) is 0 Å². The number of hydrogen-bond donors (Lipinski definition) is 0. The molecule has 0 aromatic heterocycles. The highest BCUT2D eigenvalue weighted by Gasteiger charge is 2.49. The summed E-state index contributed by atoms with van der Waals surface area (Å²) in [6, 6.07) is 7.70. The van der Waals surface area contributed by atoms with E-state index in [1.165, 1.54) is 0 Å². The zero-order valence-electron chi connectivity index (χ0n) is 9.89. The predicted octanol–water partition coefficient (Wildman–Crippen LogP) is 4.90. The molecule has 16 heavy (non-hydrogen) atoms. The van der Waals surface area contributed by atoms with E-state index in [1.807, 2.05) is 24.3 Å². The second-order valence-corrected chi connectivity index (χ2v) is 5.65. The summed E-state index contributed by atoms with van der Waals surface area (Å²) >= 11 is 6.23. The molecule has 0 N–H and O–H groups in total. The van der Waals surface area contributed by atoms with Crippen molar-refractivity contribution in [3.63, 3.8) is 0 Å². The molecular formula is C14H18ClF. The van der Waals surface area contributed by atoms with E-state index in [2.05, 4.69) is 0 Å². The summed E-state index contributed by atoms with van der Waals surface area (Å²) in [5, 5.41) is 0.704. The Morgan fingerprint density at radius 1 is 1.19 bits per heavy atom. The average molecular weight is 241 g/mol. The molecule has 0 heterocycles. The number of alkyl halides is 1. The largest absolute Gasteiger partial charge is 0.244 e. The van der Waals surface area contributed by atoms with E-state index in [-0.39, 0.29) is 5.41 Å². The van der Waals surface area contributed by atoms with Crippen LogP contribution < -0.4 is 0 Å². The predicted molar refractivity (Wildman–Crippen MR) is 66.8 cm³/mol. The van der Waals surface area contributed by atoms with E-state index in [0.717, 1.165) is 31.2 Å². The van der Waals surface area contributed by atoms with E-state index in [1.54, 1.807) is 13.8 Å². The summed E-state index contributed by atoms with van der Waals surface area (Å²) in [6.07, 6.45) is 4.00. The fourth-order valence-electron chi connectivity index (χ4n) is 3.01. The Labute approximate surface area is 102 Å². The first-order valence-electron chi connectivity index (χ1n) is 5.91. The molecule has 0 bridgehead atoms. The number of halogens is 2. The lowest BCUT2D eigenvalue weighted by atomic mass is 9.68. The van der Waals surface area contributed by atoms with Crippen molar-refractivity contribution in [2.24, 2.45) is 0 Å². The van der Waals surface area contributed by atoms with Crippen LogP contribution in [-0.2, 0) is 5.41 Å². The zero-order chi connectivity index (χ0) is 11.8. The van der Waals surface area contributed by atoms with E-state index in [9.17, 15) is 4.39 Å². The molecule has 1 aliphatic rings. The van der Waals surface area contributed by atoms with Gasteiger partial charge in [0.1, 0.15) is 5.67 Å². The van der Waals surface area contributed by atoms with E-state index in [4.69, 9.17) is 11.6 Å². The maximum atomic E-state index is 14.6. The Bertz CT molecular complexity index is 373. The van der Waals surface area contributed by atoms with Crippen LogP contribution in [0, 0.1) is 0 Å². The standard InChI is InChI=1S/C14H18ClF/c1-13(2,16)14(9-5-6-10-14)11-7-3-4-8-12(11)15/h3-4,7-8H,5-6,9-10H2,1-2H3. The third-order valence-electron chi connectivity index (χ3n) is 3.98. The Morgan fingerprint density at radius 2 is 1.75 bits per heavy atom. The van der Waals surface area contributed by atoms with Gasteiger partial charge in [-0.25, -0.2) is 4.39 Å².